The second-order valence-corrected chi connectivity index (χ2v) is 7.70. The summed E-state index contributed by atoms with van der Waals surface area (Å²) in [5.74, 6) is 0.481. The van der Waals surface area contributed by atoms with E-state index in [1.54, 1.807) is 4.90 Å². The van der Waals surface area contributed by atoms with Crippen molar-refractivity contribution in [1.82, 2.24) is 5.32 Å². The van der Waals surface area contributed by atoms with Gasteiger partial charge in [-0.05, 0) is 49.8 Å². The van der Waals surface area contributed by atoms with E-state index in [-0.39, 0.29) is 17.9 Å². The van der Waals surface area contributed by atoms with Crippen molar-refractivity contribution in [2.24, 2.45) is 0 Å². The molecule has 0 aromatic heterocycles. The minimum absolute atomic E-state index is 0.00631. The van der Waals surface area contributed by atoms with Gasteiger partial charge in [-0.15, -0.1) is 0 Å². The van der Waals surface area contributed by atoms with Crippen LogP contribution in [-0.4, -0.2) is 23.4 Å². The van der Waals surface area contributed by atoms with Crippen LogP contribution in [0.1, 0.15) is 70.8 Å². The van der Waals surface area contributed by atoms with Crippen molar-refractivity contribution in [3.8, 4) is 0 Å². The van der Waals surface area contributed by atoms with Crippen molar-refractivity contribution >= 4 is 17.5 Å². The van der Waals surface area contributed by atoms with E-state index >= 15 is 0 Å². The predicted molar refractivity (Wildman–Crippen MR) is 96.1 cm³/mol. The van der Waals surface area contributed by atoms with Crippen LogP contribution in [-0.2, 0) is 9.59 Å². The Kier molecular flexibility index (Phi) is 4.66. The fourth-order valence-corrected chi connectivity index (χ4v) is 3.91. The summed E-state index contributed by atoms with van der Waals surface area (Å²) < 4.78 is 0. The summed E-state index contributed by atoms with van der Waals surface area (Å²) in [6.45, 7) is 6.20. The second-order valence-electron chi connectivity index (χ2n) is 7.70. The number of hydrogen-bond donors (Lipinski definition) is 1. The number of hydrogen-bond acceptors (Lipinski definition) is 2. The molecule has 1 aromatic carbocycles. The molecule has 4 heteroatoms. The molecule has 0 bridgehead atoms. The molecule has 2 amide bonds. The van der Waals surface area contributed by atoms with Crippen molar-refractivity contribution in [2.45, 2.75) is 76.8 Å². The van der Waals surface area contributed by atoms with Crippen molar-refractivity contribution in [3.63, 3.8) is 0 Å². The lowest BCUT2D eigenvalue weighted by Crippen LogP contribution is -2.56. The molecule has 0 unspecified atom stereocenters. The van der Waals surface area contributed by atoms with Crippen LogP contribution in [0.2, 0.25) is 0 Å². The maximum absolute atomic E-state index is 12.9. The molecule has 24 heavy (non-hydrogen) atoms. The van der Waals surface area contributed by atoms with Crippen molar-refractivity contribution in [2.75, 3.05) is 4.90 Å². The number of anilines is 1. The van der Waals surface area contributed by atoms with Crippen LogP contribution in [0.5, 0.6) is 0 Å². The van der Waals surface area contributed by atoms with E-state index in [4.69, 9.17) is 0 Å². The molecule has 3 rings (SSSR count). The Morgan fingerprint density at radius 3 is 2.42 bits per heavy atom. The van der Waals surface area contributed by atoms with E-state index in [9.17, 15) is 9.59 Å². The van der Waals surface area contributed by atoms with Gasteiger partial charge in [-0.1, -0.05) is 38.8 Å². The van der Waals surface area contributed by atoms with E-state index in [0.29, 0.717) is 18.8 Å². The van der Waals surface area contributed by atoms with Crippen molar-refractivity contribution in [1.29, 1.82) is 0 Å². The first-order chi connectivity index (χ1) is 11.4. The Labute approximate surface area is 144 Å². The topological polar surface area (TPSA) is 49.4 Å². The fourth-order valence-electron chi connectivity index (χ4n) is 3.91. The summed E-state index contributed by atoms with van der Waals surface area (Å²) in [6, 6.07) is 8.33. The number of rotatable bonds is 4. The van der Waals surface area contributed by atoms with E-state index in [0.717, 1.165) is 18.5 Å². The highest BCUT2D eigenvalue weighted by Crippen LogP contribution is 2.36. The second kappa shape index (κ2) is 6.58. The van der Waals surface area contributed by atoms with Gasteiger partial charge in [-0.25, -0.2) is 0 Å². The molecule has 2 aliphatic rings. The Bertz CT molecular complexity index is 617. The van der Waals surface area contributed by atoms with E-state index in [1.165, 1.54) is 18.4 Å². The summed E-state index contributed by atoms with van der Waals surface area (Å²) in [5, 5.41) is 3.18. The first-order valence-electron chi connectivity index (χ1n) is 9.16. The molecule has 130 valence electrons. The molecular formula is C20H28N2O2. The van der Waals surface area contributed by atoms with Crippen molar-refractivity contribution < 1.29 is 9.59 Å². The van der Waals surface area contributed by atoms with Gasteiger partial charge < -0.3 is 5.32 Å². The van der Waals surface area contributed by atoms with Gasteiger partial charge in [-0.2, -0.15) is 0 Å². The standard InChI is InChI=1S/C20H28N2O2/c1-14(2)15-8-10-17(11-9-15)22-18(23)12-13-20(22,3)19(24)21-16-6-4-5-7-16/h8-11,14,16H,4-7,12-13H2,1-3H3,(H,21,24)/t20-/m1/s1. The molecule has 1 heterocycles. The zero-order valence-corrected chi connectivity index (χ0v) is 15.0. The van der Waals surface area contributed by atoms with Gasteiger partial charge in [-0.3, -0.25) is 14.5 Å². The minimum Gasteiger partial charge on any atom is -0.351 e. The zero-order valence-electron chi connectivity index (χ0n) is 15.0. The molecule has 2 fully saturated rings. The third-order valence-corrected chi connectivity index (χ3v) is 5.57. The summed E-state index contributed by atoms with van der Waals surface area (Å²) in [4.78, 5) is 27.1. The minimum atomic E-state index is -0.779. The van der Waals surface area contributed by atoms with Crippen LogP contribution < -0.4 is 10.2 Å². The lowest BCUT2D eigenvalue weighted by atomic mass is 9.95. The lowest BCUT2D eigenvalue weighted by molar-refractivity contribution is -0.127. The summed E-state index contributed by atoms with van der Waals surface area (Å²) in [6.07, 6.45) is 5.48. The lowest BCUT2D eigenvalue weighted by Gasteiger charge is -2.35. The van der Waals surface area contributed by atoms with Crippen LogP contribution in [0, 0.1) is 0 Å². The molecule has 4 nitrogen and oxygen atoms in total. The number of amides is 2. The number of carbonyl (C=O) groups is 2. The number of carbonyl (C=O) groups excluding carboxylic acids is 2. The first kappa shape index (κ1) is 17.0. The Morgan fingerprint density at radius 2 is 1.83 bits per heavy atom. The van der Waals surface area contributed by atoms with Gasteiger partial charge in [0, 0.05) is 18.2 Å². The molecule has 0 radical (unpaired) electrons. The fraction of sp³-hybridized carbons (Fsp3) is 0.600. The van der Waals surface area contributed by atoms with Gasteiger partial charge in [0.25, 0.3) is 0 Å². The quantitative estimate of drug-likeness (QED) is 0.915. The number of nitrogens with one attached hydrogen (secondary N) is 1. The molecule has 1 aromatic rings. The van der Waals surface area contributed by atoms with Crippen LogP contribution in [0.3, 0.4) is 0 Å². The first-order valence-corrected chi connectivity index (χ1v) is 9.16. The third kappa shape index (κ3) is 3.06. The Hall–Kier alpha value is -1.84. The smallest absolute Gasteiger partial charge is 0.246 e. The Balaban J connectivity index is 1.83. The summed E-state index contributed by atoms with van der Waals surface area (Å²) >= 11 is 0. The molecule has 1 saturated heterocycles. The average Bonchev–Trinajstić information content (AvgIpc) is 3.16. The molecule has 1 atom stereocenters. The highest BCUT2D eigenvalue weighted by atomic mass is 16.2. The molecule has 0 spiro atoms. The van der Waals surface area contributed by atoms with Gasteiger partial charge in [0.2, 0.25) is 11.8 Å². The van der Waals surface area contributed by atoms with E-state index < -0.39 is 5.54 Å². The highest BCUT2D eigenvalue weighted by Gasteiger charge is 2.48. The van der Waals surface area contributed by atoms with Crippen LogP contribution in [0.25, 0.3) is 0 Å². The maximum atomic E-state index is 12.9. The van der Waals surface area contributed by atoms with E-state index in [1.807, 2.05) is 19.1 Å². The molecule has 1 aliphatic heterocycles. The van der Waals surface area contributed by atoms with Crippen LogP contribution in [0.15, 0.2) is 24.3 Å². The van der Waals surface area contributed by atoms with Crippen molar-refractivity contribution in [3.05, 3.63) is 29.8 Å². The largest absolute Gasteiger partial charge is 0.351 e. The predicted octanol–water partition coefficient (Wildman–Crippen LogP) is 3.75. The van der Waals surface area contributed by atoms with Crippen LogP contribution in [0.4, 0.5) is 5.69 Å². The monoisotopic (exact) mass is 328 g/mol. The average molecular weight is 328 g/mol. The van der Waals surface area contributed by atoms with Gasteiger partial charge >= 0.3 is 0 Å². The van der Waals surface area contributed by atoms with Gasteiger partial charge in [0.1, 0.15) is 5.54 Å². The zero-order chi connectivity index (χ0) is 17.3. The maximum Gasteiger partial charge on any atom is 0.246 e. The Morgan fingerprint density at radius 1 is 1.21 bits per heavy atom. The molecule has 1 N–H and O–H groups in total. The molecular weight excluding hydrogens is 300 g/mol. The number of nitrogens with zero attached hydrogens (tertiary/aromatic N) is 1. The summed E-state index contributed by atoms with van der Waals surface area (Å²) in [7, 11) is 0. The SMILES string of the molecule is CC(C)c1ccc(N2C(=O)CC[C@]2(C)C(=O)NC2CCCC2)cc1. The molecule has 1 saturated carbocycles. The number of benzene rings is 1. The third-order valence-electron chi connectivity index (χ3n) is 5.57. The normalized spacial score (nSPS) is 24.8. The van der Waals surface area contributed by atoms with Gasteiger partial charge in [0.05, 0.1) is 0 Å². The summed E-state index contributed by atoms with van der Waals surface area (Å²) in [5.41, 5.74) is 1.28. The highest BCUT2D eigenvalue weighted by molar-refractivity contribution is 6.06. The van der Waals surface area contributed by atoms with Crippen LogP contribution >= 0.6 is 0 Å². The van der Waals surface area contributed by atoms with Gasteiger partial charge in [0.15, 0.2) is 0 Å². The molecule has 1 aliphatic carbocycles. The van der Waals surface area contributed by atoms with E-state index in [2.05, 4.69) is 31.3 Å².